The van der Waals surface area contributed by atoms with Gasteiger partial charge in [0.2, 0.25) is 0 Å². The van der Waals surface area contributed by atoms with E-state index >= 15 is 0 Å². The van der Waals surface area contributed by atoms with Crippen molar-refractivity contribution in [1.82, 2.24) is 10.2 Å². The highest BCUT2D eigenvalue weighted by atomic mass is 16.4. The number of nitrogens with one attached hydrogen (secondary N) is 1. The summed E-state index contributed by atoms with van der Waals surface area (Å²) in [4.78, 5) is 12.0. The normalized spacial score (nSPS) is 13.7. The van der Waals surface area contributed by atoms with Crippen LogP contribution < -0.4 is 5.46 Å². The maximum absolute atomic E-state index is 12.0. The van der Waals surface area contributed by atoms with Crippen molar-refractivity contribution in [1.29, 1.82) is 0 Å². The van der Waals surface area contributed by atoms with E-state index in [1.807, 2.05) is 12.9 Å². The molecule has 0 aliphatic carbocycles. The zero-order valence-electron chi connectivity index (χ0n) is 10.1. The molecule has 1 aromatic heterocycles. The van der Waals surface area contributed by atoms with Crippen molar-refractivity contribution in [3.05, 3.63) is 47.3 Å². The molecule has 90 valence electrons. The minimum atomic E-state index is 0.0546. The minimum Gasteiger partial charge on any atom is -0.427 e. The first-order valence-electron chi connectivity index (χ1n) is 6.00. The predicted molar refractivity (Wildman–Crippen MR) is 69.1 cm³/mol. The summed E-state index contributed by atoms with van der Waals surface area (Å²) in [7, 11) is 0. The van der Waals surface area contributed by atoms with E-state index in [1.54, 1.807) is 12.3 Å². The number of benzene rings is 1. The van der Waals surface area contributed by atoms with E-state index in [0.29, 0.717) is 18.7 Å². The second-order valence-corrected chi connectivity index (χ2v) is 4.56. The number of nitrogens with zero attached hydrogens (tertiary/aromatic N) is 1. The molecule has 0 radical (unpaired) electrons. The fourth-order valence-electron chi connectivity index (χ4n) is 2.26. The van der Waals surface area contributed by atoms with Crippen LogP contribution in [0.5, 0.6) is 0 Å². The van der Waals surface area contributed by atoms with Crippen LogP contribution in [0.15, 0.2) is 30.5 Å². The highest BCUT2D eigenvalue weighted by Gasteiger charge is 2.23. The predicted octanol–water partition coefficient (Wildman–Crippen LogP) is 1.19. The van der Waals surface area contributed by atoms with Gasteiger partial charge in [0.15, 0.2) is 5.78 Å². The molecule has 0 spiro atoms. The average Bonchev–Trinajstić information content (AvgIpc) is 3.00. The van der Waals surface area contributed by atoms with Gasteiger partial charge in [0, 0.05) is 12.6 Å². The molecule has 1 aliphatic rings. The SMILES string of the molecule is CB1OCc2ccc(CC(=O)c3ccn[nH]3)cc21. The Bertz CT molecular complexity index is 581. The molecule has 0 fully saturated rings. The summed E-state index contributed by atoms with van der Waals surface area (Å²) < 4.78 is 5.55. The van der Waals surface area contributed by atoms with Crippen LogP contribution in [-0.4, -0.2) is 22.9 Å². The van der Waals surface area contributed by atoms with Crippen LogP contribution in [0.3, 0.4) is 0 Å². The standard InChI is InChI=1S/C13H13BN2O2/c1-14-11-6-9(2-3-10(11)8-18-14)7-13(17)12-4-5-15-16-12/h2-6H,7-8H2,1H3,(H,15,16). The molecule has 2 heterocycles. The van der Waals surface area contributed by atoms with E-state index in [4.69, 9.17) is 4.65 Å². The number of ketones is 1. The second kappa shape index (κ2) is 4.42. The number of hydrogen-bond donors (Lipinski definition) is 1. The number of H-pyrrole nitrogens is 1. The third-order valence-corrected chi connectivity index (χ3v) is 3.30. The summed E-state index contributed by atoms with van der Waals surface area (Å²) in [6.45, 7) is 2.83. The molecule has 1 N–H and O–H groups in total. The molecule has 0 bridgehead atoms. The van der Waals surface area contributed by atoms with Gasteiger partial charge in [0.25, 0.3) is 0 Å². The van der Waals surface area contributed by atoms with Gasteiger partial charge < -0.3 is 4.65 Å². The Hall–Kier alpha value is -1.88. The van der Waals surface area contributed by atoms with Crippen LogP contribution in [0, 0.1) is 0 Å². The molecule has 0 saturated carbocycles. The number of aromatic amines is 1. The maximum Gasteiger partial charge on any atom is 0.324 e. The van der Waals surface area contributed by atoms with Crippen molar-refractivity contribution in [2.24, 2.45) is 0 Å². The lowest BCUT2D eigenvalue weighted by Crippen LogP contribution is -2.24. The van der Waals surface area contributed by atoms with Crippen molar-refractivity contribution < 1.29 is 9.45 Å². The number of hydrogen-bond acceptors (Lipinski definition) is 3. The van der Waals surface area contributed by atoms with Gasteiger partial charge in [-0.25, -0.2) is 0 Å². The lowest BCUT2D eigenvalue weighted by molar-refractivity contribution is 0.0988. The number of Topliss-reactive ketones (excluding diaryl/α,β-unsaturated/α-hetero) is 1. The number of carbonyl (C=O) groups excluding carboxylic acids is 1. The van der Waals surface area contributed by atoms with Gasteiger partial charge in [-0.05, 0) is 22.7 Å². The number of fused-ring (bicyclic) bond motifs is 1. The zero-order chi connectivity index (χ0) is 12.5. The quantitative estimate of drug-likeness (QED) is 0.647. The van der Waals surface area contributed by atoms with Crippen LogP contribution >= 0.6 is 0 Å². The summed E-state index contributed by atoms with van der Waals surface area (Å²) in [5.41, 5.74) is 4.00. The fourth-order valence-corrected chi connectivity index (χ4v) is 2.26. The third-order valence-electron chi connectivity index (χ3n) is 3.30. The first-order valence-corrected chi connectivity index (χ1v) is 6.00. The lowest BCUT2D eigenvalue weighted by Gasteiger charge is -2.04. The Kier molecular flexibility index (Phi) is 2.76. The molecule has 4 nitrogen and oxygen atoms in total. The molecule has 1 aromatic carbocycles. The Labute approximate surface area is 105 Å². The van der Waals surface area contributed by atoms with E-state index in [0.717, 1.165) is 5.56 Å². The van der Waals surface area contributed by atoms with E-state index in [9.17, 15) is 4.79 Å². The topological polar surface area (TPSA) is 55.0 Å². The molecule has 1 aliphatic heterocycles. The summed E-state index contributed by atoms with van der Waals surface area (Å²) in [5.74, 6) is 0.0546. The van der Waals surface area contributed by atoms with Crippen LogP contribution in [-0.2, 0) is 17.7 Å². The van der Waals surface area contributed by atoms with E-state index < -0.39 is 0 Å². The van der Waals surface area contributed by atoms with Gasteiger partial charge in [0.05, 0.1) is 6.61 Å². The number of aromatic nitrogens is 2. The van der Waals surface area contributed by atoms with Gasteiger partial charge in [-0.1, -0.05) is 25.0 Å². The van der Waals surface area contributed by atoms with Crippen molar-refractivity contribution in [3.8, 4) is 0 Å². The smallest absolute Gasteiger partial charge is 0.324 e. The molecule has 5 heteroatoms. The van der Waals surface area contributed by atoms with Gasteiger partial charge in [-0.3, -0.25) is 9.89 Å². The fraction of sp³-hybridized carbons (Fsp3) is 0.231. The van der Waals surface area contributed by atoms with Gasteiger partial charge in [-0.2, -0.15) is 5.10 Å². The van der Waals surface area contributed by atoms with Gasteiger partial charge >= 0.3 is 6.92 Å². The van der Waals surface area contributed by atoms with Crippen molar-refractivity contribution in [3.63, 3.8) is 0 Å². The highest BCUT2D eigenvalue weighted by molar-refractivity contribution is 6.67. The minimum absolute atomic E-state index is 0.0546. The highest BCUT2D eigenvalue weighted by Crippen LogP contribution is 2.13. The van der Waals surface area contributed by atoms with Crippen molar-refractivity contribution >= 4 is 18.2 Å². The third kappa shape index (κ3) is 1.97. The first kappa shape index (κ1) is 11.2. The first-order chi connectivity index (χ1) is 8.74. The Morgan fingerprint density at radius 1 is 1.50 bits per heavy atom. The molecular weight excluding hydrogens is 227 g/mol. The number of carbonyl (C=O) groups is 1. The summed E-state index contributed by atoms with van der Waals surface area (Å²) >= 11 is 0. The van der Waals surface area contributed by atoms with Gasteiger partial charge in [-0.15, -0.1) is 0 Å². The maximum atomic E-state index is 12.0. The number of rotatable bonds is 3. The molecule has 0 amide bonds. The molecule has 0 unspecified atom stereocenters. The Morgan fingerprint density at radius 3 is 3.17 bits per heavy atom. The molecule has 18 heavy (non-hydrogen) atoms. The molecule has 3 rings (SSSR count). The zero-order valence-corrected chi connectivity index (χ0v) is 10.1. The summed E-state index contributed by atoms with van der Waals surface area (Å²) in [6.07, 6.45) is 1.98. The average molecular weight is 240 g/mol. The van der Waals surface area contributed by atoms with Crippen LogP contribution in [0.4, 0.5) is 0 Å². The monoisotopic (exact) mass is 240 g/mol. The lowest BCUT2D eigenvalue weighted by atomic mass is 9.64. The summed E-state index contributed by atoms with van der Waals surface area (Å²) in [6, 6.07) is 7.81. The van der Waals surface area contributed by atoms with Crippen molar-refractivity contribution in [2.75, 3.05) is 0 Å². The summed E-state index contributed by atoms with van der Waals surface area (Å²) in [5, 5.41) is 6.48. The Morgan fingerprint density at radius 2 is 2.39 bits per heavy atom. The molecular formula is C13H13BN2O2. The van der Waals surface area contributed by atoms with E-state index in [1.165, 1.54) is 11.0 Å². The van der Waals surface area contributed by atoms with Gasteiger partial charge in [0.1, 0.15) is 5.69 Å². The second-order valence-electron chi connectivity index (χ2n) is 4.56. The van der Waals surface area contributed by atoms with Crippen LogP contribution in [0.25, 0.3) is 0 Å². The van der Waals surface area contributed by atoms with Crippen LogP contribution in [0.2, 0.25) is 6.82 Å². The Balaban J connectivity index is 1.82. The molecule has 2 aromatic rings. The molecule has 0 saturated heterocycles. The van der Waals surface area contributed by atoms with Crippen molar-refractivity contribution in [2.45, 2.75) is 19.9 Å². The van der Waals surface area contributed by atoms with E-state index in [2.05, 4.69) is 22.3 Å². The largest absolute Gasteiger partial charge is 0.427 e. The van der Waals surface area contributed by atoms with E-state index in [-0.39, 0.29) is 12.7 Å². The molecule has 0 atom stereocenters. The van der Waals surface area contributed by atoms with Crippen LogP contribution in [0.1, 0.15) is 21.6 Å².